The molecule has 1 saturated carbocycles. The second-order valence-electron chi connectivity index (χ2n) is 8.65. The fourth-order valence-corrected chi connectivity index (χ4v) is 5.47. The van der Waals surface area contributed by atoms with Crippen LogP contribution in [0, 0.1) is 5.92 Å². The third-order valence-corrected chi connectivity index (χ3v) is 7.68. The Labute approximate surface area is 192 Å². The van der Waals surface area contributed by atoms with Crippen LogP contribution in [-0.2, 0) is 22.9 Å². The summed E-state index contributed by atoms with van der Waals surface area (Å²) in [5.41, 5.74) is 10.4. The molecule has 2 aromatic rings. The first-order valence-electron chi connectivity index (χ1n) is 11.0. The summed E-state index contributed by atoms with van der Waals surface area (Å²) in [6, 6.07) is 16.8. The minimum Gasteiger partial charge on any atom is -0.492 e. The first-order chi connectivity index (χ1) is 14.5. The Hall–Kier alpha value is -1.60. The lowest BCUT2D eigenvalue weighted by Crippen LogP contribution is -2.34. The Bertz CT molecular complexity index is 949. The van der Waals surface area contributed by atoms with Gasteiger partial charge >= 0.3 is 0 Å². The van der Waals surface area contributed by atoms with E-state index in [9.17, 15) is 8.42 Å². The number of fused-ring (bicyclic) bond motifs is 1. The molecule has 2 aliphatic rings. The molecule has 2 unspecified atom stereocenters. The van der Waals surface area contributed by atoms with Crippen LogP contribution in [0.2, 0.25) is 0 Å². The van der Waals surface area contributed by atoms with E-state index in [0.717, 1.165) is 31.4 Å². The number of nitrogens with two attached hydrogens (primary N) is 1. The van der Waals surface area contributed by atoms with Gasteiger partial charge in [0.15, 0.2) is 0 Å². The maximum atomic E-state index is 12.0. The molecule has 1 fully saturated rings. The highest BCUT2D eigenvalue weighted by atomic mass is 35.5. The maximum Gasteiger partial charge on any atom is 0.211 e. The molecule has 3 N–H and O–H groups in total. The van der Waals surface area contributed by atoms with Gasteiger partial charge in [-0.05, 0) is 60.4 Å². The van der Waals surface area contributed by atoms with Crippen LogP contribution in [0.1, 0.15) is 48.3 Å². The van der Waals surface area contributed by atoms with Gasteiger partial charge in [-0.3, -0.25) is 0 Å². The quantitative estimate of drug-likeness (QED) is 0.524. The van der Waals surface area contributed by atoms with E-state index in [1.165, 1.54) is 29.5 Å². The number of aryl methyl sites for hydroxylation is 1. The fourth-order valence-electron chi connectivity index (χ4n) is 4.29. The minimum atomic E-state index is -3.20. The summed E-state index contributed by atoms with van der Waals surface area (Å²) in [7, 11) is -3.20. The minimum absolute atomic E-state index is 0. The molecular weight excluding hydrogens is 432 g/mol. The molecular formula is C24H33ClN2O3S. The molecule has 0 aromatic heterocycles. The summed E-state index contributed by atoms with van der Waals surface area (Å²) in [6.07, 6.45) is 6.01. The second-order valence-corrected chi connectivity index (χ2v) is 10.6. The van der Waals surface area contributed by atoms with Gasteiger partial charge in [-0.2, -0.15) is 0 Å². The van der Waals surface area contributed by atoms with Gasteiger partial charge in [-0.25, -0.2) is 13.1 Å². The van der Waals surface area contributed by atoms with Crippen LogP contribution >= 0.6 is 12.4 Å². The predicted molar refractivity (Wildman–Crippen MR) is 127 cm³/mol. The van der Waals surface area contributed by atoms with Crippen molar-refractivity contribution in [3.05, 3.63) is 65.2 Å². The molecule has 7 heteroatoms. The lowest BCUT2D eigenvalue weighted by Gasteiger charge is -2.32. The Morgan fingerprint density at radius 1 is 1.06 bits per heavy atom. The van der Waals surface area contributed by atoms with Crippen LogP contribution in [0.4, 0.5) is 0 Å². The van der Waals surface area contributed by atoms with Crippen molar-refractivity contribution in [2.75, 3.05) is 18.9 Å². The number of rotatable bonds is 10. The Morgan fingerprint density at radius 3 is 2.58 bits per heavy atom. The van der Waals surface area contributed by atoms with Crippen molar-refractivity contribution >= 4 is 22.4 Å². The van der Waals surface area contributed by atoms with E-state index in [-0.39, 0.29) is 36.7 Å². The standard InChI is InChI=1S/C24H32N2O3S.ClH/c25-24-11-9-20-8-10-21(17-22(20)23(24)16-19-4-2-1-3-5-19)29-14-13-26-30(27,28)15-12-18-6-7-18;/h1-5,8,10,17-18,23-24,26H,6-7,9,11-16,25H2;1H. The molecule has 170 valence electrons. The molecule has 2 atom stereocenters. The number of ether oxygens (including phenoxy) is 1. The number of nitrogens with one attached hydrogen (secondary N) is 1. The molecule has 4 rings (SSSR count). The smallest absolute Gasteiger partial charge is 0.211 e. The highest BCUT2D eigenvalue weighted by Crippen LogP contribution is 2.36. The van der Waals surface area contributed by atoms with Gasteiger partial charge in [0, 0.05) is 18.5 Å². The summed E-state index contributed by atoms with van der Waals surface area (Å²) >= 11 is 0. The molecule has 0 aliphatic heterocycles. The molecule has 0 heterocycles. The van der Waals surface area contributed by atoms with Gasteiger partial charge < -0.3 is 10.5 Å². The molecule has 0 saturated heterocycles. The molecule has 0 radical (unpaired) electrons. The third-order valence-electron chi connectivity index (χ3n) is 6.26. The zero-order valence-electron chi connectivity index (χ0n) is 17.8. The first-order valence-corrected chi connectivity index (χ1v) is 12.7. The van der Waals surface area contributed by atoms with Crippen molar-refractivity contribution in [2.24, 2.45) is 11.7 Å². The van der Waals surface area contributed by atoms with E-state index >= 15 is 0 Å². The molecule has 5 nitrogen and oxygen atoms in total. The average Bonchev–Trinajstić information content (AvgIpc) is 3.57. The van der Waals surface area contributed by atoms with Crippen molar-refractivity contribution in [1.29, 1.82) is 0 Å². The average molecular weight is 465 g/mol. The number of halogens is 1. The lowest BCUT2D eigenvalue weighted by molar-refractivity contribution is 0.321. The van der Waals surface area contributed by atoms with E-state index in [1.54, 1.807) is 0 Å². The van der Waals surface area contributed by atoms with Gasteiger partial charge in [-0.15, -0.1) is 12.4 Å². The summed E-state index contributed by atoms with van der Waals surface area (Å²) in [6.45, 7) is 0.605. The predicted octanol–water partition coefficient (Wildman–Crippen LogP) is 3.81. The highest BCUT2D eigenvalue weighted by molar-refractivity contribution is 7.89. The van der Waals surface area contributed by atoms with Crippen molar-refractivity contribution in [2.45, 2.75) is 50.5 Å². The molecule has 2 aliphatic carbocycles. The van der Waals surface area contributed by atoms with Crippen molar-refractivity contribution in [3.63, 3.8) is 0 Å². The van der Waals surface area contributed by atoms with Crippen LogP contribution in [0.25, 0.3) is 0 Å². The van der Waals surface area contributed by atoms with Crippen LogP contribution in [0.15, 0.2) is 48.5 Å². The molecule has 0 amide bonds. The van der Waals surface area contributed by atoms with Crippen LogP contribution in [0.5, 0.6) is 5.75 Å². The topological polar surface area (TPSA) is 81.4 Å². The summed E-state index contributed by atoms with van der Waals surface area (Å²) in [5.74, 6) is 1.87. The number of hydrogen-bond donors (Lipinski definition) is 2. The largest absolute Gasteiger partial charge is 0.492 e. The monoisotopic (exact) mass is 464 g/mol. The molecule has 0 bridgehead atoms. The Morgan fingerprint density at radius 2 is 1.84 bits per heavy atom. The second kappa shape index (κ2) is 10.8. The van der Waals surface area contributed by atoms with Gasteiger partial charge in [0.1, 0.15) is 12.4 Å². The van der Waals surface area contributed by atoms with Crippen LogP contribution in [-0.4, -0.2) is 33.4 Å². The number of hydrogen-bond acceptors (Lipinski definition) is 4. The van der Waals surface area contributed by atoms with Crippen LogP contribution < -0.4 is 15.2 Å². The molecule has 31 heavy (non-hydrogen) atoms. The maximum absolute atomic E-state index is 12.0. The van der Waals surface area contributed by atoms with E-state index in [4.69, 9.17) is 10.5 Å². The zero-order valence-corrected chi connectivity index (χ0v) is 19.5. The Kier molecular flexibility index (Phi) is 8.39. The fraction of sp³-hybridized carbons (Fsp3) is 0.500. The third kappa shape index (κ3) is 6.94. The SMILES string of the molecule is Cl.NC1CCc2ccc(OCCNS(=O)(=O)CCC3CC3)cc2C1Cc1ccccc1. The molecule has 0 spiro atoms. The summed E-state index contributed by atoms with van der Waals surface area (Å²) in [4.78, 5) is 0. The van der Waals surface area contributed by atoms with Crippen LogP contribution in [0.3, 0.4) is 0 Å². The Balaban J connectivity index is 0.00000272. The summed E-state index contributed by atoms with van der Waals surface area (Å²) < 4.78 is 32.6. The van der Waals surface area contributed by atoms with Gasteiger partial charge in [0.25, 0.3) is 0 Å². The zero-order chi connectivity index (χ0) is 21.0. The number of benzene rings is 2. The normalized spacial score (nSPS) is 20.5. The van der Waals surface area contributed by atoms with Crippen molar-refractivity contribution in [1.82, 2.24) is 4.72 Å². The van der Waals surface area contributed by atoms with E-state index < -0.39 is 10.0 Å². The van der Waals surface area contributed by atoms with Gasteiger partial charge in [-0.1, -0.05) is 49.2 Å². The van der Waals surface area contributed by atoms with Gasteiger partial charge in [0.05, 0.1) is 5.75 Å². The highest BCUT2D eigenvalue weighted by Gasteiger charge is 2.28. The summed E-state index contributed by atoms with van der Waals surface area (Å²) in [5, 5.41) is 0. The molecule has 2 aromatic carbocycles. The van der Waals surface area contributed by atoms with Crippen molar-refractivity contribution < 1.29 is 13.2 Å². The van der Waals surface area contributed by atoms with Gasteiger partial charge in [0.2, 0.25) is 10.0 Å². The van der Waals surface area contributed by atoms with E-state index in [0.29, 0.717) is 12.5 Å². The lowest BCUT2D eigenvalue weighted by atomic mass is 9.76. The first kappa shape index (κ1) is 24.1. The van der Waals surface area contributed by atoms with E-state index in [1.807, 2.05) is 12.1 Å². The van der Waals surface area contributed by atoms with Crippen molar-refractivity contribution in [3.8, 4) is 5.75 Å². The number of sulfonamides is 1. The van der Waals surface area contributed by atoms with E-state index in [2.05, 4.69) is 41.1 Å².